The number of hydrogen-bond acceptors (Lipinski definition) is 4. The third kappa shape index (κ3) is 3.45. The number of aliphatic hydroxyl groups excluding tert-OH is 1. The summed E-state index contributed by atoms with van der Waals surface area (Å²) in [5.41, 5.74) is 1.53. The molecule has 7 nitrogen and oxygen atoms in total. The summed E-state index contributed by atoms with van der Waals surface area (Å²) in [5, 5.41) is 14.4. The van der Waals surface area contributed by atoms with E-state index in [0.717, 1.165) is 31.4 Å². The van der Waals surface area contributed by atoms with Crippen LogP contribution in [0.25, 0.3) is 0 Å². The number of aryl methyl sites for hydroxylation is 1. The fourth-order valence-electron chi connectivity index (χ4n) is 3.40. The van der Waals surface area contributed by atoms with Crippen LogP contribution in [0.4, 0.5) is 0 Å². The van der Waals surface area contributed by atoms with Crippen LogP contribution in [0.1, 0.15) is 56.5 Å². The largest absolute Gasteiger partial charge is 0.387 e. The van der Waals surface area contributed by atoms with Crippen LogP contribution in [0.2, 0.25) is 0 Å². The van der Waals surface area contributed by atoms with E-state index in [1.165, 1.54) is 0 Å². The van der Waals surface area contributed by atoms with Gasteiger partial charge >= 0.3 is 11.8 Å². The van der Waals surface area contributed by atoms with Crippen molar-refractivity contribution < 1.29 is 14.7 Å². The predicted octanol–water partition coefficient (Wildman–Crippen LogP) is 1.07. The molecule has 132 valence electrons. The number of hydrogen-bond donors (Lipinski definition) is 1. The van der Waals surface area contributed by atoms with E-state index in [2.05, 4.69) is 5.10 Å². The summed E-state index contributed by atoms with van der Waals surface area (Å²) < 4.78 is 1.85. The van der Waals surface area contributed by atoms with Gasteiger partial charge in [-0.25, -0.2) is 0 Å². The Labute approximate surface area is 142 Å². The molecule has 7 heteroatoms. The van der Waals surface area contributed by atoms with Gasteiger partial charge in [-0.2, -0.15) is 5.10 Å². The maximum absolute atomic E-state index is 12.6. The number of aliphatic hydroxyl groups is 1. The molecule has 0 aliphatic carbocycles. The van der Waals surface area contributed by atoms with Gasteiger partial charge in [0.1, 0.15) is 0 Å². The normalized spacial score (nSPS) is 19.6. The highest BCUT2D eigenvalue weighted by molar-refractivity contribution is 6.34. The molecule has 0 saturated carbocycles. The molecule has 1 fully saturated rings. The molecule has 1 aromatic rings. The Kier molecular flexibility index (Phi) is 5.18. The molecule has 0 aromatic carbocycles. The van der Waals surface area contributed by atoms with Gasteiger partial charge in [0.15, 0.2) is 0 Å². The first-order valence-corrected chi connectivity index (χ1v) is 8.93. The highest BCUT2D eigenvalue weighted by Crippen LogP contribution is 2.20. The van der Waals surface area contributed by atoms with Crippen LogP contribution in [0.5, 0.6) is 0 Å². The van der Waals surface area contributed by atoms with E-state index in [9.17, 15) is 14.7 Å². The second kappa shape index (κ2) is 7.34. The first-order chi connectivity index (χ1) is 11.6. The highest BCUT2D eigenvalue weighted by Gasteiger charge is 2.30. The Morgan fingerprint density at radius 1 is 1.08 bits per heavy atom. The summed E-state index contributed by atoms with van der Waals surface area (Å²) in [4.78, 5) is 28.4. The van der Waals surface area contributed by atoms with Crippen molar-refractivity contribution in [3.05, 3.63) is 17.5 Å². The van der Waals surface area contributed by atoms with Crippen molar-refractivity contribution >= 4 is 11.8 Å². The monoisotopic (exact) mass is 334 g/mol. The molecule has 1 atom stereocenters. The lowest BCUT2D eigenvalue weighted by atomic mass is 10.1. The summed E-state index contributed by atoms with van der Waals surface area (Å²) in [6.45, 7) is 4.91. The Hall–Kier alpha value is -1.89. The number of aromatic nitrogens is 2. The number of piperidine rings is 1. The maximum atomic E-state index is 12.6. The standard InChI is InChI=1S/C17H26N4O3/c1-2-15(22)14-11-13-12-20(9-6-10-21(13)18-14)17(24)16(23)19-7-4-3-5-8-19/h11,15,22H,2-10,12H2,1H3/t15-/m0/s1. The Bertz CT molecular complexity index is 607. The second-order valence-electron chi connectivity index (χ2n) is 6.64. The fraction of sp³-hybridized carbons (Fsp3) is 0.706. The summed E-state index contributed by atoms with van der Waals surface area (Å²) in [7, 11) is 0. The van der Waals surface area contributed by atoms with Gasteiger partial charge < -0.3 is 14.9 Å². The van der Waals surface area contributed by atoms with Crippen LogP contribution < -0.4 is 0 Å². The van der Waals surface area contributed by atoms with E-state index >= 15 is 0 Å². The predicted molar refractivity (Wildman–Crippen MR) is 87.9 cm³/mol. The molecule has 2 amide bonds. The molecule has 2 aliphatic heterocycles. The van der Waals surface area contributed by atoms with Gasteiger partial charge in [0.2, 0.25) is 0 Å². The summed E-state index contributed by atoms with van der Waals surface area (Å²) in [5.74, 6) is -0.791. The van der Waals surface area contributed by atoms with Crippen molar-refractivity contribution in [2.24, 2.45) is 0 Å². The molecule has 0 bridgehead atoms. The van der Waals surface area contributed by atoms with E-state index in [1.54, 1.807) is 9.80 Å². The minimum atomic E-state index is -0.580. The molecule has 0 radical (unpaired) electrons. The van der Waals surface area contributed by atoms with Crippen molar-refractivity contribution in [3.63, 3.8) is 0 Å². The maximum Gasteiger partial charge on any atom is 0.312 e. The quantitative estimate of drug-likeness (QED) is 0.821. The van der Waals surface area contributed by atoms with Crippen molar-refractivity contribution in [1.82, 2.24) is 19.6 Å². The molecule has 1 aromatic heterocycles. The van der Waals surface area contributed by atoms with Crippen LogP contribution in [0, 0.1) is 0 Å². The number of rotatable bonds is 2. The van der Waals surface area contributed by atoms with E-state index in [1.807, 2.05) is 17.7 Å². The van der Waals surface area contributed by atoms with Gasteiger partial charge in [-0.1, -0.05) is 6.92 Å². The SMILES string of the molecule is CC[C@H](O)c1cc2n(n1)CCCN(C(=O)C(=O)N1CCCCC1)C2. The Balaban J connectivity index is 1.71. The first kappa shape index (κ1) is 17.0. The molecule has 2 aliphatic rings. The summed E-state index contributed by atoms with van der Waals surface area (Å²) in [6, 6.07) is 1.85. The molecule has 1 N–H and O–H groups in total. The van der Waals surface area contributed by atoms with Crippen molar-refractivity contribution in [2.75, 3.05) is 19.6 Å². The lowest BCUT2D eigenvalue weighted by Crippen LogP contribution is -2.46. The van der Waals surface area contributed by atoms with E-state index in [0.29, 0.717) is 44.8 Å². The van der Waals surface area contributed by atoms with E-state index < -0.39 is 12.0 Å². The fourth-order valence-corrected chi connectivity index (χ4v) is 3.40. The third-order valence-electron chi connectivity index (χ3n) is 4.87. The van der Waals surface area contributed by atoms with Crippen LogP contribution >= 0.6 is 0 Å². The molecule has 0 spiro atoms. The lowest BCUT2D eigenvalue weighted by Gasteiger charge is -2.28. The highest BCUT2D eigenvalue weighted by atomic mass is 16.3. The van der Waals surface area contributed by atoms with Crippen LogP contribution in [-0.2, 0) is 22.7 Å². The number of nitrogens with zero attached hydrogens (tertiary/aromatic N) is 4. The molecule has 3 rings (SSSR count). The van der Waals surface area contributed by atoms with Crippen LogP contribution in [-0.4, -0.2) is 56.1 Å². The van der Waals surface area contributed by atoms with Gasteiger partial charge in [-0.15, -0.1) is 0 Å². The molecular weight excluding hydrogens is 308 g/mol. The van der Waals surface area contributed by atoms with Gasteiger partial charge in [0.25, 0.3) is 0 Å². The zero-order valence-corrected chi connectivity index (χ0v) is 14.3. The van der Waals surface area contributed by atoms with E-state index in [-0.39, 0.29) is 5.91 Å². The van der Waals surface area contributed by atoms with Gasteiger partial charge in [0.05, 0.1) is 24.0 Å². The minimum absolute atomic E-state index is 0.377. The average Bonchev–Trinajstić information content (AvgIpc) is 2.92. The lowest BCUT2D eigenvalue weighted by molar-refractivity contribution is -0.152. The van der Waals surface area contributed by atoms with E-state index in [4.69, 9.17) is 0 Å². The van der Waals surface area contributed by atoms with Gasteiger partial charge in [-0.3, -0.25) is 14.3 Å². The number of carbonyl (C=O) groups excluding carboxylic acids is 2. The number of likely N-dealkylation sites (tertiary alicyclic amines) is 1. The Morgan fingerprint density at radius 3 is 2.46 bits per heavy atom. The summed E-state index contributed by atoms with van der Waals surface area (Å²) >= 11 is 0. The molecule has 3 heterocycles. The molecule has 0 unspecified atom stereocenters. The zero-order valence-electron chi connectivity index (χ0n) is 14.3. The van der Waals surface area contributed by atoms with Crippen LogP contribution in [0.15, 0.2) is 6.07 Å². The molecular formula is C17H26N4O3. The smallest absolute Gasteiger partial charge is 0.312 e. The molecule has 24 heavy (non-hydrogen) atoms. The first-order valence-electron chi connectivity index (χ1n) is 8.93. The minimum Gasteiger partial charge on any atom is -0.387 e. The van der Waals surface area contributed by atoms with Gasteiger partial charge in [-0.05, 0) is 38.2 Å². The number of carbonyl (C=O) groups is 2. The van der Waals surface area contributed by atoms with Crippen molar-refractivity contribution in [2.45, 2.75) is 58.2 Å². The van der Waals surface area contributed by atoms with Crippen LogP contribution in [0.3, 0.4) is 0 Å². The number of amides is 2. The number of fused-ring (bicyclic) bond motifs is 1. The molecule has 1 saturated heterocycles. The van der Waals surface area contributed by atoms with Crippen molar-refractivity contribution in [1.29, 1.82) is 0 Å². The second-order valence-corrected chi connectivity index (χ2v) is 6.64. The average molecular weight is 334 g/mol. The summed E-state index contributed by atoms with van der Waals surface area (Å²) in [6.07, 6.45) is 3.86. The zero-order chi connectivity index (χ0) is 17.1. The third-order valence-corrected chi connectivity index (χ3v) is 4.87. The Morgan fingerprint density at radius 2 is 1.75 bits per heavy atom. The van der Waals surface area contributed by atoms with Gasteiger partial charge in [0, 0.05) is 26.2 Å². The van der Waals surface area contributed by atoms with Crippen molar-refractivity contribution in [3.8, 4) is 0 Å². The topological polar surface area (TPSA) is 78.7 Å².